The molecule has 1 atom stereocenters. The SMILES string of the molecule is Cc1ccc2oc3c(c(=O)c2c1)[C@@H](c1ccc(F)cc1)N(c1nc(C)cs1)C3=O. The third kappa shape index (κ3) is 2.69. The normalized spacial score (nSPS) is 15.9. The Bertz CT molecular complexity index is 1340. The molecule has 2 aromatic heterocycles. The van der Waals surface area contributed by atoms with Crippen molar-refractivity contribution in [2.45, 2.75) is 19.9 Å². The molecule has 0 saturated heterocycles. The Morgan fingerprint density at radius 2 is 1.86 bits per heavy atom. The van der Waals surface area contributed by atoms with E-state index in [2.05, 4.69) is 4.98 Å². The van der Waals surface area contributed by atoms with Crippen LogP contribution in [-0.4, -0.2) is 10.9 Å². The van der Waals surface area contributed by atoms with Crippen LogP contribution < -0.4 is 10.3 Å². The quantitative estimate of drug-likeness (QED) is 0.482. The van der Waals surface area contributed by atoms with Gasteiger partial charge in [-0.3, -0.25) is 14.5 Å². The van der Waals surface area contributed by atoms with Crippen LogP contribution in [0, 0.1) is 19.7 Å². The fourth-order valence-corrected chi connectivity index (χ4v) is 4.52. The molecule has 5 nitrogen and oxygen atoms in total. The minimum Gasteiger partial charge on any atom is -0.450 e. The first-order valence-electron chi connectivity index (χ1n) is 9.02. The van der Waals surface area contributed by atoms with Crippen LogP contribution in [0.2, 0.25) is 0 Å². The van der Waals surface area contributed by atoms with Crippen molar-refractivity contribution in [1.29, 1.82) is 0 Å². The number of anilines is 1. The summed E-state index contributed by atoms with van der Waals surface area (Å²) in [5.74, 6) is -0.812. The van der Waals surface area contributed by atoms with Crippen LogP contribution in [0.25, 0.3) is 11.0 Å². The molecular weight excluding hydrogens is 391 g/mol. The van der Waals surface area contributed by atoms with Crippen LogP contribution in [0.15, 0.2) is 57.1 Å². The molecule has 2 aromatic carbocycles. The molecule has 0 aliphatic carbocycles. The molecule has 144 valence electrons. The van der Waals surface area contributed by atoms with E-state index in [0.29, 0.717) is 21.7 Å². The van der Waals surface area contributed by atoms with Gasteiger partial charge in [-0.15, -0.1) is 11.3 Å². The lowest BCUT2D eigenvalue weighted by Crippen LogP contribution is -2.29. The van der Waals surface area contributed by atoms with Crippen molar-refractivity contribution in [1.82, 2.24) is 4.98 Å². The zero-order valence-electron chi connectivity index (χ0n) is 15.6. The second kappa shape index (κ2) is 6.35. The zero-order chi connectivity index (χ0) is 20.3. The predicted molar refractivity (Wildman–Crippen MR) is 109 cm³/mol. The molecule has 29 heavy (non-hydrogen) atoms. The van der Waals surface area contributed by atoms with Crippen LogP contribution in [0.4, 0.5) is 9.52 Å². The van der Waals surface area contributed by atoms with Gasteiger partial charge in [0.25, 0.3) is 5.91 Å². The Hall–Kier alpha value is -3.32. The summed E-state index contributed by atoms with van der Waals surface area (Å²) in [7, 11) is 0. The molecule has 1 aliphatic heterocycles. The Kier molecular flexibility index (Phi) is 3.89. The summed E-state index contributed by atoms with van der Waals surface area (Å²) in [5, 5.41) is 2.72. The number of carbonyl (C=O) groups is 1. The van der Waals surface area contributed by atoms with E-state index in [0.717, 1.165) is 11.3 Å². The Morgan fingerprint density at radius 3 is 2.55 bits per heavy atom. The highest BCUT2D eigenvalue weighted by atomic mass is 32.1. The molecule has 0 bridgehead atoms. The van der Waals surface area contributed by atoms with Crippen LogP contribution in [-0.2, 0) is 0 Å². The molecule has 1 amide bonds. The molecule has 7 heteroatoms. The summed E-state index contributed by atoms with van der Waals surface area (Å²) in [6.45, 7) is 3.72. The molecule has 0 unspecified atom stereocenters. The van der Waals surface area contributed by atoms with E-state index in [1.807, 2.05) is 25.3 Å². The number of halogens is 1. The van der Waals surface area contributed by atoms with Crippen LogP contribution in [0.3, 0.4) is 0 Å². The van der Waals surface area contributed by atoms with Gasteiger partial charge in [-0.05, 0) is 43.7 Å². The van der Waals surface area contributed by atoms with Crippen LogP contribution in [0.5, 0.6) is 0 Å². The lowest BCUT2D eigenvalue weighted by molar-refractivity contribution is 0.0971. The highest BCUT2D eigenvalue weighted by Crippen LogP contribution is 2.42. The Morgan fingerprint density at radius 1 is 1.10 bits per heavy atom. The number of fused-ring (bicyclic) bond motifs is 2. The molecule has 0 saturated carbocycles. The van der Waals surface area contributed by atoms with Gasteiger partial charge in [-0.1, -0.05) is 23.8 Å². The number of benzene rings is 2. The van der Waals surface area contributed by atoms with E-state index in [-0.39, 0.29) is 16.8 Å². The summed E-state index contributed by atoms with van der Waals surface area (Å²) in [5.41, 5.74) is 2.66. The van der Waals surface area contributed by atoms with Crippen molar-refractivity contribution in [2.24, 2.45) is 0 Å². The van der Waals surface area contributed by atoms with Crippen molar-refractivity contribution in [2.75, 3.05) is 4.90 Å². The van der Waals surface area contributed by atoms with E-state index >= 15 is 0 Å². The van der Waals surface area contributed by atoms with Crippen LogP contribution >= 0.6 is 11.3 Å². The lowest BCUT2D eigenvalue weighted by atomic mass is 9.98. The van der Waals surface area contributed by atoms with Gasteiger partial charge in [-0.2, -0.15) is 0 Å². The minimum absolute atomic E-state index is 0.00790. The van der Waals surface area contributed by atoms with Gasteiger partial charge in [0.05, 0.1) is 22.7 Å². The zero-order valence-corrected chi connectivity index (χ0v) is 16.4. The fraction of sp³-hybridized carbons (Fsp3) is 0.136. The maximum absolute atomic E-state index is 13.5. The second-order valence-electron chi connectivity index (χ2n) is 7.07. The monoisotopic (exact) mass is 406 g/mol. The number of hydrogen-bond acceptors (Lipinski definition) is 5. The molecule has 0 N–H and O–H groups in total. The minimum atomic E-state index is -0.732. The second-order valence-corrected chi connectivity index (χ2v) is 7.91. The first-order chi connectivity index (χ1) is 13.9. The van der Waals surface area contributed by atoms with Crippen molar-refractivity contribution in [3.8, 4) is 0 Å². The average molecular weight is 406 g/mol. The van der Waals surface area contributed by atoms with Gasteiger partial charge in [0.2, 0.25) is 5.76 Å². The third-order valence-electron chi connectivity index (χ3n) is 5.02. The van der Waals surface area contributed by atoms with Gasteiger partial charge < -0.3 is 4.42 Å². The van der Waals surface area contributed by atoms with Crippen molar-refractivity contribution in [3.05, 3.63) is 92.0 Å². The van der Waals surface area contributed by atoms with E-state index < -0.39 is 17.8 Å². The number of thiazole rings is 1. The molecular formula is C22H15FN2O3S. The van der Waals surface area contributed by atoms with Gasteiger partial charge in [-0.25, -0.2) is 9.37 Å². The summed E-state index contributed by atoms with van der Waals surface area (Å²) < 4.78 is 19.4. The number of amides is 1. The molecule has 0 radical (unpaired) electrons. The largest absolute Gasteiger partial charge is 0.450 e. The highest BCUT2D eigenvalue weighted by Gasteiger charge is 2.44. The Labute approximate surface area is 169 Å². The molecule has 5 rings (SSSR count). The number of carbonyl (C=O) groups excluding carboxylic acids is 1. The summed E-state index contributed by atoms with van der Waals surface area (Å²) in [4.78, 5) is 32.6. The number of nitrogens with zero attached hydrogens (tertiary/aromatic N) is 2. The number of aryl methyl sites for hydroxylation is 2. The number of aromatic nitrogens is 1. The van der Waals surface area contributed by atoms with Gasteiger partial charge >= 0.3 is 0 Å². The van der Waals surface area contributed by atoms with Crippen molar-refractivity contribution in [3.63, 3.8) is 0 Å². The Balaban J connectivity index is 1.83. The van der Waals surface area contributed by atoms with Crippen molar-refractivity contribution >= 4 is 33.3 Å². The van der Waals surface area contributed by atoms with E-state index in [9.17, 15) is 14.0 Å². The topological polar surface area (TPSA) is 63.4 Å². The van der Waals surface area contributed by atoms with E-state index in [1.165, 1.54) is 28.4 Å². The smallest absolute Gasteiger partial charge is 0.297 e. The lowest BCUT2D eigenvalue weighted by Gasteiger charge is -2.22. The maximum Gasteiger partial charge on any atom is 0.297 e. The van der Waals surface area contributed by atoms with Gasteiger partial charge in [0.15, 0.2) is 10.6 Å². The first kappa shape index (κ1) is 17.8. The summed E-state index contributed by atoms with van der Waals surface area (Å²) in [6, 6.07) is 10.3. The predicted octanol–water partition coefficient (Wildman–Crippen LogP) is 4.76. The standard InChI is InChI=1S/C22H15FN2O3S/c1-11-3-8-16-15(9-11)19(26)17-18(13-4-6-14(23)7-5-13)25(21(27)20(17)28-16)22-24-12(2)10-29-22/h3-10,18H,1-2H3/t18-/m1/s1. The fourth-order valence-electron chi connectivity index (χ4n) is 3.70. The molecule has 3 heterocycles. The molecule has 4 aromatic rings. The summed E-state index contributed by atoms with van der Waals surface area (Å²) >= 11 is 1.31. The third-order valence-corrected chi connectivity index (χ3v) is 5.98. The first-order valence-corrected chi connectivity index (χ1v) is 9.90. The maximum atomic E-state index is 13.5. The van der Waals surface area contributed by atoms with E-state index in [1.54, 1.807) is 24.3 Å². The number of rotatable bonds is 2. The molecule has 0 spiro atoms. The average Bonchev–Trinajstić information content (AvgIpc) is 3.25. The number of hydrogen-bond donors (Lipinski definition) is 0. The van der Waals surface area contributed by atoms with Crippen molar-refractivity contribution < 1.29 is 13.6 Å². The van der Waals surface area contributed by atoms with Gasteiger partial charge in [0, 0.05) is 5.38 Å². The molecule has 1 aliphatic rings. The van der Waals surface area contributed by atoms with Gasteiger partial charge in [0.1, 0.15) is 11.4 Å². The summed E-state index contributed by atoms with van der Waals surface area (Å²) in [6.07, 6.45) is 0. The van der Waals surface area contributed by atoms with E-state index in [4.69, 9.17) is 4.42 Å². The highest BCUT2D eigenvalue weighted by molar-refractivity contribution is 7.14. The molecule has 0 fully saturated rings. The van der Waals surface area contributed by atoms with Crippen LogP contribution in [0.1, 0.15) is 39.0 Å².